The van der Waals surface area contributed by atoms with Crippen molar-refractivity contribution in [3.05, 3.63) is 18.2 Å². The third kappa shape index (κ3) is 7.25. The minimum absolute atomic E-state index is 0. The summed E-state index contributed by atoms with van der Waals surface area (Å²) in [6.45, 7) is 3.21. The van der Waals surface area contributed by atoms with Gasteiger partial charge in [-0.15, -0.1) is 24.0 Å². The maximum atomic E-state index is 6.00. The lowest BCUT2D eigenvalue weighted by Gasteiger charge is -2.20. The van der Waals surface area contributed by atoms with Crippen LogP contribution in [0.15, 0.2) is 23.2 Å². The zero-order valence-electron chi connectivity index (χ0n) is 15.2. The molecule has 1 fully saturated rings. The van der Waals surface area contributed by atoms with Crippen molar-refractivity contribution in [3.63, 3.8) is 0 Å². The Morgan fingerprint density at radius 2 is 2.00 bits per heavy atom. The van der Waals surface area contributed by atoms with Crippen molar-refractivity contribution < 1.29 is 14.2 Å². The molecule has 142 valence electrons. The molecule has 7 nitrogen and oxygen atoms in total. The number of hydrogen-bond acceptors (Lipinski definition) is 5. The van der Waals surface area contributed by atoms with E-state index in [1.54, 1.807) is 21.3 Å². The number of ether oxygens (including phenoxy) is 3. The quantitative estimate of drug-likeness (QED) is 0.314. The molecule has 2 rings (SSSR count). The van der Waals surface area contributed by atoms with Gasteiger partial charge in [0.15, 0.2) is 5.96 Å². The second kappa shape index (κ2) is 11.4. The van der Waals surface area contributed by atoms with Gasteiger partial charge < -0.3 is 25.3 Å². The number of aliphatic imine (C=N–C) groups is 1. The van der Waals surface area contributed by atoms with Crippen molar-refractivity contribution in [3.8, 4) is 11.5 Å². The first-order valence-corrected chi connectivity index (χ1v) is 8.20. The first-order chi connectivity index (χ1) is 11.7. The lowest BCUT2D eigenvalue weighted by atomic mass is 10.2. The summed E-state index contributed by atoms with van der Waals surface area (Å²) in [5.74, 6) is 1.78. The van der Waals surface area contributed by atoms with E-state index in [0.717, 1.165) is 31.1 Å². The summed E-state index contributed by atoms with van der Waals surface area (Å²) in [7, 11) is 4.96. The molecule has 0 bridgehead atoms. The number of rotatable bonds is 10. The van der Waals surface area contributed by atoms with Crippen LogP contribution in [0.4, 0.5) is 5.69 Å². The smallest absolute Gasteiger partial charge is 0.193 e. The summed E-state index contributed by atoms with van der Waals surface area (Å²) < 4.78 is 15.7. The molecule has 1 aliphatic rings. The van der Waals surface area contributed by atoms with Crippen molar-refractivity contribution >= 4 is 35.6 Å². The molecule has 0 aliphatic heterocycles. The van der Waals surface area contributed by atoms with Gasteiger partial charge in [0, 0.05) is 32.3 Å². The Balaban J connectivity index is 0.00000312. The number of halogens is 1. The van der Waals surface area contributed by atoms with Gasteiger partial charge in [0.05, 0.1) is 33.1 Å². The normalized spacial score (nSPS) is 14.2. The first kappa shape index (κ1) is 21.8. The molecule has 0 atom stereocenters. The number of anilines is 1. The van der Waals surface area contributed by atoms with Crippen molar-refractivity contribution in [2.75, 3.05) is 52.9 Å². The molecule has 0 radical (unpaired) electrons. The van der Waals surface area contributed by atoms with E-state index in [0.29, 0.717) is 24.3 Å². The number of methoxy groups -OCH3 is 3. The highest BCUT2D eigenvalue weighted by Gasteiger charge is 2.28. The highest BCUT2D eigenvalue weighted by molar-refractivity contribution is 14.0. The van der Waals surface area contributed by atoms with E-state index in [2.05, 4.69) is 15.2 Å². The first-order valence-electron chi connectivity index (χ1n) is 8.20. The van der Waals surface area contributed by atoms with Crippen LogP contribution in [-0.4, -0.2) is 64.5 Å². The van der Waals surface area contributed by atoms with Crippen molar-refractivity contribution in [2.45, 2.75) is 18.9 Å². The van der Waals surface area contributed by atoms with E-state index >= 15 is 0 Å². The van der Waals surface area contributed by atoms with Crippen LogP contribution in [0.25, 0.3) is 0 Å². The molecule has 3 N–H and O–H groups in total. The highest BCUT2D eigenvalue weighted by atomic mass is 127. The van der Waals surface area contributed by atoms with Crippen LogP contribution in [0.1, 0.15) is 12.8 Å². The van der Waals surface area contributed by atoms with Gasteiger partial charge in [0.2, 0.25) is 0 Å². The largest absolute Gasteiger partial charge is 0.497 e. The number of guanidine groups is 1. The Labute approximate surface area is 166 Å². The number of benzene rings is 1. The van der Waals surface area contributed by atoms with Gasteiger partial charge in [0.25, 0.3) is 0 Å². The molecular formula is C17H29IN4O3. The van der Waals surface area contributed by atoms with Crippen LogP contribution < -0.4 is 20.5 Å². The van der Waals surface area contributed by atoms with Crippen LogP contribution >= 0.6 is 24.0 Å². The van der Waals surface area contributed by atoms with Gasteiger partial charge in [-0.2, -0.15) is 0 Å². The van der Waals surface area contributed by atoms with Crippen LogP contribution in [0, 0.1) is 0 Å². The lowest BCUT2D eigenvalue weighted by Crippen LogP contribution is -2.33. The number of hydrogen-bond donors (Lipinski definition) is 2. The van der Waals surface area contributed by atoms with Crippen LogP contribution in [0.2, 0.25) is 0 Å². The van der Waals surface area contributed by atoms with Crippen molar-refractivity contribution in [2.24, 2.45) is 10.7 Å². The monoisotopic (exact) mass is 464 g/mol. The number of nitrogens with zero attached hydrogens (tertiary/aromatic N) is 2. The number of nitrogens with one attached hydrogen (secondary N) is 1. The summed E-state index contributed by atoms with van der Waals surface area (Å²) >= 11 is 0. The molecule has 1 aromatic carbocycles. The highest BCUT2D eigenvalue weighted by Crippen LogP contribution is 2.28. The fourth-order valence-electron chi connectivity index (χ4n) is 2.51. The fourth-order valence-corrected chi connectivity index (χ4v) is 2.51. The molecule has 0 aromatic heterocycles. The van der Waals surface area contributed by atoms with Crippen molar-refractivity contribution in [1.29, 1.82) is 0 Å². The zero-order valence-corrected chi connectivity index (χ0v) is 17.5. The average molecular weight is 464 g/mol. The van der Waals surface area contributed by atoms with Gasteiger partial charge in [-0.1, -0.05) is 0 Å². The molecule has 0 saturated heterocycles. The summed E-state index contributed by atoms with van der Waals surface area (Å²) in [4.78, 5) is 6.82. The molecule has 1 aromatic rings. The Bertz CT molecular complexity index is 553. The molecule has 0 unspecified atom stereocenters. The summed E-state index contributed by atoms with van der Waals surface area (Å²) in [5.41, 5.74) is 6.73. The second-order valence-corrected chi connectivity index (χ2v) is 5.72. The summed E-state index contributed by atoms with van der Waals surface area (Å²) in [5, 5.41) is 3.08. The van der Waals surface area contributed by atoms with Gasteiger partial charge in [-0.3, -0.25) is 9.89 Å². The Hall–Kier alpha value is -1.26. The predicted molar refractivity (Wildman–Crippen MR) is 112 cm³/mol. The maximum absolute atomic E-state index is 6.00. The molecule has 0 amide bonds. The third-order valence-electron chi connectivity index (χ3n) is 3.98. The molecule has 25 heavy (non-hydrogen) atoms. The van der Waals surface area contributed by atoms with Crippen LogP contribution in [-0.2, 0) is 4.74 Å². The van der Waals surface area contributed by atoms with Gasteiger partial charge in [0.1, 0.15) is 11.5 Å². The molecule has 1 saturated carbocycles. The summed E-state index contributed by atoms with van der Waals surface area (Å²) in [6, 6.07) is 6.17. The van der Waals surface area contributed by atoms with Gasteiger partial charge in [-0.05, 0) is 25.0 Å². The zero-order chi connectivity index (χ0) is 17.4. The minimum Gasteiger partial charge on any atom is -0.497 e. The molecule has 0 heterocycles. The predicted octanol–water partition coefficient (Wildman–Crippen LogP) is 2.16. The van der Waals surface area contributed by atoms with Gasteiger partial charge >= 0.3 is 0 Å². The SMILES string of the molecule is COCCN(CCN=C(N)Nc1cc(OC)ccc1OC)C1CC1.I. The van der Waals surface area contributed by atoms with Gasteiger partial charge in [-0.25, -0.2) is 0 Å². The topological polar surface area (TPSA) is 81.3 Å². The van der Waals surface area contributed by atoms with Crippen molar-refractivity contribution in [1.82, 2.24) is 4.90 Å². The summed E-state index contributed by atoms with van der Waals surface area (Å²) in [6.07, 6.45) is 2.53. The van der Waals surface area contributed by atoms with Crippen LogP contribution in [0.3, 0.4) is 0 Å². The molecule has 0 spiro atoms. The van der Waals surface area contributed by atoms with E-state index in [1.807, 2.05) is 18.2 Å². The maximum Gasteiger partial charge on any atom is 0.193 e. The van der Waals surface area contributed by atoms with Crippen LogP contribution in [0.5, 0.6) is 11.5 Å². The Morgan fingerprint density at radius 3 is 2.60 bits per heavy atom. The molecule has 8 heteroatoms. The van der Waals surface area contributed by atoms with E-state index < -0.39 is 0 Å². The molecule has 1 aliphatic carbocycles. The standard InChI is InChI=1S/C17H28N4O3.HI/c1-22-11-10-21(13-4-5-13)9-8-19-17(18)20-15-12-14(23-2)6-7-16(15)24-3;/h6-7,12-13H,4-5,8-11H2,1-3H3,(H3,18,19,20);1H. The minimum atomic E-state index is 0. The molecular weight excluding hydrogens is 435 g/mol. The Kier molecular flexibility index (Phi) is 9.91. The lowest BCUT2D eigenvalue weighted by molar-refractivity contribution is 0.145. The van der Waals surface area contributed by atoms with E-state index in [1.165, 1.54) is 12.8 Å². The third-order valence-corrected chi connectivity index (χ3v) is 3.98. The second-order valence-electron chi connectivity index (χ2n) is 5.72. The van der Waals surface area contributed by atoms with E-state index in [4.69, 9.17) is 19.9 Å². The fraction of sp³-hybridized carbons (Fsp3) is 0.588. The number of nitrogens with two attached hydrogens (primary N) is 1. The van der Waals surface area contributed by atoms with E-state index in [9.17, 15) is 0 Å². The van der Waals surface area contributed by atoms with E-state index in [-0.39, 0.29) is 24.0 Å². The Morgan fingerprint density at radius 1 is 1.24 bits per heavy atom. The average Bonchev–Trinajstić information content (AvgIpc) is 3.42.